The molecular weight excluding hydrogens is 473 g/mol. The number of carbonyl (C=O) groups is 3. The van der Waals surface area contributed by atoms with Crippen LogP contribution in [0.4, 0.5) is 14.9 Å². The summed E-state index contributed by atoms with van der Waals surface area (Å²) in [6.45, 7) is 8.18. The smallest absolute Gasteiger partial charge is 0.319 e. The molecule has 2 aromatic rings. The van der Waals surface area contributed by atoms with Crippen molar-refractivity contribution < 1.29 is 18.8 Å². The van der Waals surface area contributed by atoms with Crippen molar-refractivity contribution in [1.29, 1.82) is 0 Å². The molecule has 1 saturated heterocycles. The molecule has 0 radical (unpaired) electrons. The predicted octanol–water partition coefficient (Wildman–Crippen LogP) is 3.99. The summed E-state index contributed by atoms with van der Waals surface area (Å²) in [6.07, 6.45) is 3.19. The van der Waals surface area contributed by atoms with E-state index in [1.54, 1.807) is 41.3 Å². The molecule has 0 atom stereocenters. The van der Waals surface area contributed by atoms with E-state index >= 15 is 4.39 Å². The van der Waals surface area contributed by atoms with Gasteiger partial charge in [0.25, 0.3) is 11.8 Å². The highest BCUT2D eigenvalue weighted by Gasteiger charge is 2.25. The van der Waals surface area contributed by atoms with Crippen LogP contribution in [-0.4, -0.2) is 65.4 Å². The topological polar surface area (TPSA) is 93.8 Å². The Morgan fingerprint density at radius 2 is 1.65 bits per heavy atom. The first-order valence-electron chi connectivity index (χ1n) is 12.9. The number of halogens is 1. The zero-order valence-electron chi connectivity index (χ0n) is 21.8. The average Bonchev–Trinajstić information content (AvgIpc) is 2.82. The first kappa shape index (κ1) is 26.6. The molecule has 3 N–H and O–H groups in total. The van der Waals surface area contributed by atoms with Gasteiger partial charge in [0.1, 0.15) is 5.82 Å². The van der Waals surface area contributed by atoms with Crippen molar-refractivity contribution in [3.8, 4) is 0 Å². The number of nitrogens with one attached hydrogen (secondary N) is 3. The zero-order valence-corrected chi connectivity index (χ0v) is 21.8. The Morgan fingerprint density at radius 1 is 0.973 bits per heavy atom. The number of urea groups is 1. The van der Waals surface area contributed by atoms with E-state index in [2.05, 4.69) is 20.9 Å². The number of amides is 4. The van der Waals surface area contributed by atoms with Crippen LogP contribution in [0.15, 0.2) is 42.5 Å². The number of nitrogens with zero attached hydrogens (tertiary/aromatic N) is 2. The molecule has 8 nitrogen and oxygen atoms in total. The summed E-state index contributed by atoms with van der Waals surface area (Å²) in [5.41, 5.74) is 1.25. The number of hydrogen-bond donors (Lipinski definition) is 3. The Labute approximate surface area is 217 Å². The van der Waals surface area contributed by atoms with Gasteiger partial charge < -0.3 is 20.9 Å². The fourth-order valence-electron chi connectivity index (χ4n) is 4.42. The third-order valence-corrected chi connectivity index (χ3v) is 6.70. The summed E-state index contributed by atoms with van der Waals surface area (Å²) in [7, 11) is 0. The minimum Gasteiger partial charge on any atom is -0.347 e. The minimum atomic E-state index is -0.502. The second kappa shape index (κ2) is 11.3. The monoisotopic (exact) mass is 509 g/mol. The van der Waals surface area contributed by atoms with Crippen molar-refractivity contribution in [2.45, 2.75) is 58.2 Å². The molecule has 4 rings (SSSR count). The molecule has 4 amide bonds. The van der Waals surface area contributed by atoms with E-state index in [0.717, 1.165) is 19.3 Å². The quantitative estimate of drug-likeness (QED) is 0.549. The summed E-state index contributed by atoms with van der Waals surface area (Å²) in [5.74, 6) is -1.00. The van der Waals surface area contributed by atoms with Crippen LogP contribution in [0.1, 0.15) is 66.3 Å². The highest BCUT2D eigenvalue weighted by Crippen LogP contribution is 2.20. The zero-order chi connectivity index (χ0) is 26.6. The van der Waals surface area contributed by atoms with Crippen LogP contribution in [0.2, 0.25) is 0 Å². The van der Waals surface area contributed by atoms with Gasteiger partial charge in [-0.05, 0) is 70.4 Å². The molecule has 1 aliphatic heterocycles. The summed E-state index contributed by atoms with van der Waals surface area (Å²) in [4.78, 5) is 41.4. The molecule has 37 heavy (non-hydrogen) atoms. The summed E-state index contributed by atoms with van der Waals surface area (Å²) in [5, 5.41) is 8.53. The standard InChI is InChI=1S/C28H36FN5O3/c1-28(2,3)32-25(35)23-9-4-6-20(24(23)29)18-33-14-16-34(17-15-33)26(36)19-10-12-22(13-11-19)31-27(37)30-21-7-5-8-21/h4,6,9-13,21H,5,7-8,14-18H2,1-3H3,(H,32,35)(H2,30,31,37). The Balaban J connectivity index is 1.28. The number of piperazine rings is 1. The van der Waals surface area contributed by atoms with Crippen molar-refractivity contribution in [3.05, 3.63) is 65.0 Å². The first-order chi connectivity index (χ1) is 17.6. The number of carbonyl (C=O) groups excluding carboxylic acids is 3. The third-order valence-electron chi connectivity index (χ3n) is 6.70. The fourth-order valence-corrected chi connectivity index (χ4v) is 4.42. The number of hydrogen-bond acceptors (Lipinski definition) is 4. The maximum absolute atomic E-state index is 15.1. The van der Waals surface area contributed by atoms with E-state index in [-0.39, 0.29) is 23.5 Å². The van der Waals surface area contributed by atoms with Crippen molar-refractivity contribution in [2.75, 3.05) is 31.5 Å². The third kappa shape index (κ3) is 7.07. The Kier molecular flexibility index (Phi) is 8.12. The molecule has 0 unspecified atom stereocenters. The van der Waals surface area contributed by atoms with E-state index in [4.69, 9.17) is 0 Å². The van der Waals surface area contributed by atoms with E-state index in [0.29, 0.717) is 49.5 Å². The van der Waals surface area contributed by atoms with Crippen LogP contribution in [-0.2, 0) is 6.54 Å². The lowest BCUT2D eigenvalue weighted by Gasteiger charge is -2.35. The highest BCUT2D eigenvalue weighted by molar-refractivity contribution is 5.96. The van der Waals surface area contributed by atoms with Gasteiger partial charge in [0.05, 0.1) is 5.56 Å². The van der Waals surface area contributed by atoms with Gasteiger partial charge in [-0.3, -0.25) is 14.5 Å². The average molecular weight is 510 g/mol. The molecule has 1 heterocycles. The molecule has 2 aliphatic rings. The van der Waals surface area contributed by atoms with Gasteiger partial charge in [-0.15, -0.1) is 0 Å². The van der Waals surface area contributed by atoms with Gasteiger partial charge in [0.2, 0.25) is 0 Å². The lowest BCUT2D eigenvalue weighted by molar-refractivity contribution is 0.0626. The van der Waals surface area contributed by atoms with Crippen LogP contribution in [0, 0.1) is 5.82 Å². The van der Waals surface area contributed by atoms with Crippen LogP contribution in [0.5, 0.6) is 0 Å². The second-order valence-electron chi connectivity index (χ2n) is 10.9. The Morgan fingerprint density at radius 3 is 2.24 bits per heavy atom. The van der Waals surface area contributed by atoms with Crippen LogP contribution in [0.3, 0.4) is 0 Å². The van der Waals surface area contributed by atoms with Crippen molar-refractivity contribution in [3.63, 3.8) is 0 Å². The molecule has 1 aliphatic carbocycles. The van der Waals surface area contributed by atoms with Gasteiger partial charge >= 0.3 is 6.03 Å². The lowest BCUT2D eigenvalue weighted by atomic mass is 9.93. The molecule has 1 saturated carbocycles. The molecule has 0 spiro atoms. The van der Waals surface area contributed by atoms with Gasteiger partial charge in [-0.1, -0.05) is 12.1 Å². The first-order valence-corrected chi connectivity index (χ1v) is 12.9. The van der Waals surface area contributed by atoms with Gasteiger partial charge in [-0.25, -0.2) is 9.18 Å². The maximum atomic E-state index is 15.1. The maximum Gasteiger partial charge on any atom is 0.319 e. The summed E-state index contributed by atoms with van der Waals surface area (Å²) < 4.78 is 15.1. The van der Waals surface area contributed by atoms with Crippen molar-refractivity contribution in [2.24, 2.45) is 0 Å². The molecule has 0 bridgehead atoms. The normalized spacial score (nSPS) is 16.6. The van der Waals surface area contributed by atoms with E-state index in [1.165, 1.54) is 6.07 Å². The molecule has 2 aromatic carbocycles. The number of rotatable bonds is 6. The number of benzene rings is 2. The minimum absolute atomic E-state index is 0.0414. The van der Waals surface area contributed by atoms with E-state index < -0.39 is 17.3 Å². The van der Waals surface area contributed by atoms with Gasteiger partial charge in [0.15, 0.2) is 0 Å². The Bertz CT molecular complexity index is 1130. The number of anilines is 1. The van der Waals surface area contributed by atoms with Crippen LogP contribution >= 0.6 is 0 Å². The van der Waals surface area contributed by atoms with Crippen LogP contribution < -0.4 is 16.0 Å². The highest BCUT2D eigenvalue weighted by atomic mass is 19.1. The largest absolute Gasteiger partial charge is 0.347 e. The predicted molar refractivity (Wildman–Crippen MR) is 141 cm³/mol. The Hall–Kier alpha value is -3.46. The van der Waals surface area contributed by atoms with E-state index in [1.807, 2.05) is 20.8 Å². The molecule has 9 heteroatoms. The summed E-state index contributed by atoms with van der Waals surface area (Å²) >= 11 is 0. The fraction of sp³-hybridized carbons (Fsp3) is 0.464. The summed E-state index contributed by atoms with van der Waals surface area (Å²) in [6, 6.07) is 11.8. The molecular formula is C28H36FN5O3. The second-order valence-corrected chi connectivity index (χ2v) is 10.9. The SMILES string of the molecule is CC(C)(C)NC(=O)c1cccc(CN2CCN(C(=O)c3ccc(NC(=O)NC4CCC4)cc3)CC2)c1F. The van der Waals surface area contributed by atoms with Gasteiger partial charge in [0, 0.05) is 61.1 Å². The lowest BCUT2D eigenvalue weighted by Crippen LogP contribution is -2.48. The van der Waals surface area contributed by atoms with Crippen LogP contribution in [0.25, 0.3) is 0 Å². The molecule has 198 valence electrons. The van der Waals surface area contributed by atoms with E-state index in [9.17, 15) is 14.4 Å². The van der Waals surface area contributed by atoms with Crippen molar-refractivity contribution in [1.82, 2.24) is 20.4 Å². The molecule has 0 aromatic heterocycles. The van der Waals surface area contributed by atoms with Crippen molar-refractivity contribution >= 4 is 23.5 Å². The van der Waals surface area contributed by atoms with Gasteiger partial charge in [-0.2, -0.15) is 0 Å². The molecule has 2 fully saturated rings.